The summed E-state index contributed by atoms with van der Waals surface area (Å²) in [5.41, 5.74) is 9.19. The van der Waals surface area contributed by atoms with Crippen LogP contribution >= 0.6 is 37.2 Å². The van der Waals surface area contributed by atoms with Gasteiger partial charge >= 0.3 is 0 Å². The van der Waals surface area contributed by atoms with E-state index in [1.54, 1.807) is 0 Å². The molecule has 3 nitrogen and oxygen atoms in total. The second-order valence-corrected chi connectivity index (χ2v) is 4.81. The van der Waals surface area contributed by atoms with E-state index in [9.17, 15) is 0 Å². The standard InChI is InChI=1S/C12H17N3.3ClH/c13-11-9-2-1-5-15-10(9)8-12(11)3-6-14-7-4-12;;;/h1-2,5,11,14H,3-4,6-8,13H2;3*1H. The molecule has 6 heteroatoms. The zero-order valence-electron chi connectivity index (χ0n) is 10.1. The van der Waals surface area contributed by atoms with Crippen LogP contribution in [0.25, 0.3) is 0 Å². The minimum Gasteiger partial charge on any atom is -0.323 e. The molecule has 2 aliphatic rings. The fourth-order valence-electron chi connectivity index (χ4n) is 3.07. The molecule has 3 rings (SSSR count). The highest BCUT2D eigenvalue weighted by Gasteiger charge is 2.45. The van der Waals surface area contributed by atoms with Crippen molar-refractivity contribution in [2.45, 2.75) is 25.3 Å². The number of aromatic nitrogens is 1. The SMILES string of the molecule is Cl.Cl.Cl.NC1c2cccnc2CC12CCNCC2. The van der Waals surface area contributed by atoms with Crippen LogP contribution in [0.15, 0.2) is 18.3 Å². The fourth-order valence-corrected chi connectivity index (χ4v) is 3.07. The van der Waals surface area contributed by atoms with Crippen LogP contribution in [0.1, 0.15) is 30.1 Å². The first kappa shape index (κ1) is 17.9. The van der Waals surface area contributed by atoms with Crippen LogP contribution in [-0.4, -0.2) is 18.1 Å². The third-order valence-corrected chi connectivity index (χ3v) is 4.04. The summed E-state index contributed by atoms with van der Waals surface area (Å²) >= 11 is 0. The molecule has 18 heavy (non-hydrogen) atoms. The molecule has 1 unspecified atom stereocenters. The van der Waals surface area contributed by atoms with E-state index in [1.807, 2.05) is 12.3 Å². The number of rotatable bonds is 0. The normalized spacial score (nSPS) is 23.3. The molecule has 1 aromatic rings. The van der Waals surface area contributed by atoms with Crippen molar-refractivity contribution in [2.24, 2.45) is 11.1 Å². The van der Waals surface area contributed by atoms with Crippen molar-refractivity contribution in [1.29, 1.82) is 0 Å². The molecule has 0 amide bonds. The van der Waals surface area contributed by atoms with Crippen LogP contribution in [0.3, 0.4) is 0 Å². The van der Waals surface area contributed by atoms with E-state index in [2.05, 4.69) is 16.4 Å². The second-order valence-electron chi connectivity index (χ2n) is 4.81. The summed E-state index contributed by atoms with van der Waals surface area (Å²) in [6.07, 6.45) is 5.33. The maximum Gasteiger partial charge on any atom is 0.0457 e. The van der Waals surface area contributed by atoms with Crippen molar-refractivity contribution in [3.8, 4) is 0 Å². The number of halogens is 3. The molecular weight excluding hydrogens is 293 g/mol. The van der Waals surface area contributed by atoms with Gasteiger partial charge in [-0.05, 0) is 49.4 Å². The van der Waals surface area contributed by atoms with E-state index < -0.39 is 0 Å². The van der Waals surface area contributed by atoms with Crippen LogP contribution in [0.4, 0.5) is 0 Å². The predicted molar refractivity (Wildman–Crippen MR) is 81.2 cm³/mol. The minimum absolute atomic E-state index is 0. The minimum atomic E-state index is 0. The van der Waals surface area contributed by atoms with Crippen LogP contribution < -0.4 is 11.1 Å². The van der Waals surface area contributed by atoms with Crippen LogP contribution in [0.5, 0.6) is 0 Å². The molecule has 104 valence electrons. The lowest BCUT2D eigenvalue weighted by molar-refractivity contribution is 0.173. The molecule has 1 aromatic heterocycles. The number of nitrogens with two attached hydrogens (primary N) is 1. The highest BCUT2D eigenvalue weighted by Crippen LogP contribution is 2.48. The van der Waals surface area contributed by atoms with Crippen molar-refractivity contribution < 1.29 is 0 Å². The Morgan fingerprint density at radius 1 is 1.22 bits per heavy atom. The molecular formula is C12H20Cl3N3. The fraction of sp³-hybridized carbons (Fsp3) is 0.583. The van der Waals surface area contributed by atoms with Gasteiger partial charge in [-0.1, -0.05) is 6.07 Å². The van der Waals surface area contributed by atoms with Gasteiger partial charge in [0, 0.05) is 17.9 Å². The summed E-state index contributed by atoms with van der Waals surface area (Å²) in [5.74, 6) is 0. The predicted octanol–water partition coefficient (Wildman–Crippen LogP) is 2.27. The molecule has 0 radical (unpaired) electrons. The summed E-state index contributed by atoms with van der Waals surface area (Å²) in [5, 5.41) is 3.41. The Bertz CT molecular complexity index is 381. The van der Waals surface area contributed by atoms with E-state index in [0.717, 1.165) is 19.5 Å². The van der Waals surface area contributed by atoms with Crippen LogP contribution in [0, 0.1) is 5.41 Å². The topological polar surface area (TPSA) is 50.9 Å². The molecule has 1 aliphatic heterocycles. The van der Waals surface area contributed by atoms with Gasteiger partial charge in [0.1, 0.15) is 0 Å². The number of fused-ring (bicyclic) bond motifs is 1. The summed E-state index contributed by atoms with van der Waals surface area (Å²) in [6.45, 7) is 2.20. The van der Waals surface area contributed by atoms with Crippen molar-refractivity contribution in [3.05, 3.63) is 29.6 Å². The number of piperidine rings is 1. The van der Waals surface area contributed by atoms with Gasteiger partial charge in [-0.15, -0.1) is 37.2 Å². The van der Waals surface area contributed by atoms with Gasteiger partial charge in [-0.2, -0.15) is 0 Å². The lowest BCUT2D eigenvalue weighted by Crippen LogP contribution is -2.42. The van der Waals surface area contributed by atoms with Crippen molar-refractivity contribution >= 4 is 37.2 Å². The van der Waals surface area contributed by atoms with Crippen molar-refractivity contribution in [1.82, 2.24) is 10.3 Å². The molecule has 0 aromatic carbocycles. The van der Waals surface area contributed by atoms with Crippen LogP contribution in [0.2, 0.25) is 0 Å². The smallest absolute Gasteiger partial charge is 0.0457 e. The lowest BCUT2D eigenvalue weighted by Gasteiger charge is -2.37. The number of hydrogen-bond donors (Lipinski definition) is 2. The van der Waals surface area contributed by atoms with Gasteiger partial charge in [-0.25, -0.2) is 0 Å². The molecule has 1 fully saturated rings. The number of hydrogen-bond acceptors (Lipinski definition) is 3. The molecule has 2 heterocycles. The van der Waals surface area contributed by atoms with E-state index in [1.165, 1.54) is 24.1 Å². The molecule has 0 saturated carbocycles. The molecule has 1 atom stereocenters. The zero-order valence-corrected chi connectivity index (χ0v) is 12.5. The molecule has 1 saturated heterocycles. The Morgan fingerprint density at radius 3 is 2.50 bits per heavy atom. The first-order valence-corrected chi connectivity index (χ1v) is 5.72. The van der Waals surface area contributed by atoms with Crippen LogP contribution in [-0.2, 0) is 6.42 Å². The Morgan fingerprint density at radius 2 is 1.89 bits per heavy atom. The Labute approximate surface area is 127 Å². The average molecular weight is 313 g/mol. The van der Waals surface area contributed by atoms with Gasteiger partial charge in [0.05, 0.1) is 0 Å². The summed E-state index contributed by atoms with van der Waals surface area (Å²) in [4.78, 5) is 4.46. The van der Waals surface area contributed by atoms with E-state index >= 15 is 0 Å². The second kappa shape index (κ2) is 6.92. The van der Waals surface area contributed by atoms with Gasteiger partial charge in [0.25, 0.3) is 0 Å². The summed E-state index contributed by atoms with van der Waals surface area (Å²) < 4.78 is 0. The highest BCUT2D eigenvalue weighted by atomic mass is 35.5. The van der Waals surface area contributed by atoms with Crippen molar-refractivity contribution in [2.75, 3.05) is 13.1 Å². The Hall–Kier alpha value is -0.0600. The molecule has 1 aliphatic carbocycles. The van der Waals surface area contributed by atoms with Gasteiger partial charge in [-0.3, -0.25) is 4.98 Å². The van der Waals surface area contributed by atoms with E-state index in [4.69, 9.17) is 5.73 Å². The third-order valence-electron chi connectivity index (χ3n) is 4.04. The molecule has 0 bridgehead atoms. The maximum atomic E-state index is 6.39. The van der Waals surface area contributed by atoms with Gasteiger partial charge in [0.2, 0.25) is 0 Å². The quantitative estimate of drug-likeness (QED) is 0.773. The first-order valence-electron chi connectivity index (χ1n) is 5.72. The summed E-state index contributed by atoms with van der Waals surface area (Å²) in [7, 11) is 0. The Kier molecular flexibility index (Phi) is 6.90. The number of nitrogens with zero attached hydrogens (tertiary/aromatic N) is 1. The highest BCUT2D eigenvalue weighted by molar-refractivity contribution is 5.86. The maximum absolute atomic E-state index is 6.39. The number of pyridine rings is 1. The average Bonchev–Trinajstić information content (AvgIpc) is 2.54. The van der Waals surface area contributed by atoms with E-state index in [-0.39, 0.29) is 43.3 Å². The van der Waals surface area contributed by atoms with Gasteiger partial charge in [0.15, 0.2) is 0 Å². The first-order chi connectivity index (χ1) is 7.32. The number of nitrogens with one attached hydrogen (secondary N) is 1. The zero-order chi connectivity index (χ0) is 10.3. The molecule has 1 spiro atoms. The largest absolute Gasteiger partial charge is 0.323 e. The van der Waals surface area contributed by atoms with Crippen molar-refractivity contribution in [3.63, 3.8) is 0 Å². The monoisotopic (exact) mass is 311 g/mol. The Balaban J connectivity index is 0.000000963. The lowest BCUT2D eigenvalue weighted by atomic mass is 9.74. The summed E-state index contributed by atoms with van der Waals surface area (Å²) in [6, 6.07) is 4.34. The third kappa shape index (κ3) is 2.75. The molecule has 3 N–H and O–H groups in total. The van der Waals surface area contributed by atoms with Gasteiger partial charge < -0.3 is 11.1 Å². The van der Waals surface area contributed by atoms with E-state index in [0.29, 0.717) is 5.41 Å².